The van der Waals surface area contributed by atoms with Gasteiger partial charge in [-0.05, 0) is 31.2 Å². The van der Waals surface area contributed by atoms with Gasteiger partial charge in [0.1, 0.15) is 11.3 Å². The van der Waals surface area contributed by atoms with Gasteiger partial charge in [-0.15, -0.1) is 0 Å². The van der Waals surface area contributed by atoms with E-state index in [1.54, 1.807) is 13.0 Å². The van der Waals surface area contributed by atoms with E-state index >= 15 is 0 Å². The minimum Gasteiger partial charge on any atom is -0.493 e. The normalized spacial score (nSPS) is 13.6. The lowest BCUT2D eigenvalue weighted by Gasteiger charge is -2.27. The predicted octanol–water partition coefficient (Wildman–Crippen LogP) is 1.49. The standard InChI is InChI=1S/C15H23NO4/c1-4-16-15(2,14(18)19-3)8-9-20-13-7-5-6-12(10-13)11-17/h5-7,10,16-17H,4,8-9,11H2,1-3H3. The van der Waals surface area contributed by atoms with Crippen LogP contribution in [-0.4, -0.2) is 36.9 Å². The van der Waals surface area contributed by atoms with Crippen molar-refractivity contribution in [2.75, 3.05) is 20.3 Å². The van der Waals surface area contributed by atoms with Gasteiger partial charge >= 0.3 is 5.97 Å². The fourth-order valence-electron chi connectivity index (χ4n) is 1.98. The Labute approximate surface area is 119 Å². The second-order valence-electron chi connectivity index (χ2n) is 4.76. The van der Waals surface area contributed by atoms with Gasteiger partial charge in [0.2, 0.25) is 0 Å². The maximum atomic E-state index is 11.8. The first-order chi connectivity index (χ1) is 9.55. The molecule has 1 aromatic rings. The summed E-state index contributed by atoms with van der Waals surface area (Å²) in [7, 11) is 1.38. The average molecular weight is 281 g/mol. The van der Waals surface area contributed by atoms with Crippen molar-refractivity contribution in [3.63, 3.8) is 0 Å². The van der Waals surface area contributed by atoms with Gasteiger partial charge in [0.05, 0.1) is 20.3 Å². The summed E-state index contributed by atoms with van der Waals surface area (Å²) in [4.78, 5) is 11.8. The molecule has 0 saturated heterocycles. The maximum absolute atomic E-state index is 11.8. The van der Waals surface area contributed by atoms with E-state index in [2.05, 4.69) is 5.32 Å². The van der Waals surface area contributed by atoms with E-state index in [0.717, 1.165) is 5.56 Å². The summed E-state index contributed by atoms with van der Waals surface area (Å²) in [6, 6.07) is 7.25. The highest BCUT2D eigenvalue weighted by molar-refractivity contribution is 5.80. The molecule has 0 radical (unpaired) electrons. The third kappa shape index (κ3) is 4.51. The number of methoxy groups -OCH3 is 1. The smallest absolute Gasteiger partial charge is 0.325 e. The molecule has 0 aliphatic carbocycles. The van der Waals surface area contributed by atoms with Gasteiger partial charge in [0.15, 0.2) is 0 Å². The SMILES string of the molecule is CCNC(C)(CCOc1cccc(CO)c1)C(=O)OC. The summed E-state index contributed by atoms with van der Waals surface area (Å²) in [5.41, 5.74) is 0.0443. The molecule has 0 bridgehead atoms. The molecule has 1 atom stereocenters. The maximum Gasteiger partial charge on any atom is 0.325 e. The van der Waals surface area contributed by atoms with Crippen LogP contribution in [0.2, 0.25) is 0 Å². The molecule has 0 heterocycles. The Morgan fingerprint density at radius 2 is 2.20 bits per heavy atom. The summed E-state index contributed by atoms with van der Waals surface area (Å²) >= 11 is 0. The topological polar surface area (TPSA) is 67.8 Å². The molecule has 0 spiro atoms. The van der Waals surface area contributed by atoms with Crippen LogP contribution in [0.5, 0.6) is 5.75 Å². The highest BCUT2D eigenvalue weighted by atomic mass is 16.5. The van der Waals surface area contributed by atoms with E-state index in [0.29, 0.717) is 25.3 Å². The van der Waals surface area contributed by atoms with Crippen molar-refractivity contribution < 1.29 is 19.4 Å². The van der Waals surface area contributed by atoms with Crippen molar-refractivity contribution in [2.45, 2.75) is 32.4 Å². The number of aliphatic hydroxyl groups is 1. The van der Waals surface area contributed by atoms with E-state index < -0.39 is 5.54 Å². The summed E-state index contributed by atoms with van der Waals surface area (Å²) < 4.78 is 10.4. The number of esters is 1. The van der Waals surface area contributed by atoms with Crippen LogP contribution >= 0.6 is 0 Å². The van der Waals surface area contributed by atoms with Crippen LogP contribution in [0.3, 0.4) is 0 Å². The molecular formula is C15H23NO4. The molecule has 1 unspecified atom stereocenters. The van der Waals surface area contributed by atoms with Crippen LogP contribution < -0.4 is 10.1 Å². The van der Waals surface area contributed by atoms with E-state index in [1.807, 2.05) is 25.1 Å². The second kappa shape index (κ2) is 7.87. The number of aliphatic hydroxyl groups excluding tert-OH is 1. The molecule has 5 nitrogen and oxygen atoms in total. The lowest BCUT2D eigenvalue weighted by molar-refractivity contribution is -0.148. The first kappa shape index (κ1) is 16.5. The first-order valence-corrected chi connectivity index (χ1v) is 6.71. The summed E-state index contributed by atoms with van der Waals surface area (Å²) in [5.74, 6) is 0.382. The number of carbonyl (C=O) groups excluding carboxylic acids is 1. The van der Waals surface area contributed by atoms with Crippen molar-refractivity contribution in [1.29, 1.82) is 0 Å². The van der Waals surface area contributed by atoms with Gasteiger partial charge in [-0.3, -0.25) is 4.79 Å². The number of carbonyl (C=O) groups is 1. The van der Waals surface area contributed by atoms with Crippen LogP contribution in [0.4, 0.5) is 0 Å². The lowest BCUT2D eigenvalue weighted by Crippen LogP contribution is -2.51. The van der Waals surface area contributed by atoms with Crippen molar-refractivity contribution in [2.24, 2.45) is 0 Å². The molecule has 0 amide bonds. The fraction of sp³-hybridized carbons (Fsp3) is 0.533. The lowest BCUT2D eigenvalue weighted by atomic mass is 9.98. The number of ether oxygens (including phenoxy) is 2. The zero-order chi connectivity index (χ0) is 15.0. The van der Waals surface area contributed by atoms with Gasteiger partial charge < -0.3 is 19.9 Å². The number of hydrogen-bond acceptors (Lipinski definition) is 5. The van der Waals surface area contributed by atoms with Gasteiger partial charge in [0, 0.05) is 6.42 Å². The predicted molar refractivity (Wildman–Crippen MR) is 76.6 cm³/mol. The molecule has 0 aromatic heterocycles. The van der Waals surface area contributed by atoms with Gasteiger partial charge in [-0.2, -0.15) is 0 Å². The Kier molecular flexibility index (Phi) is 6.48. The molecule has 20 heavy (non-hydrogen) atoms. The Morgan fingerprint density at radius 3 is 2.80 bits per heavy atom. The zero-order valence-corrected chi connectivity index (χ0v) is 12.3. The Hall–Kier alpha value is -1.59. The van der Waals surface area contributed by atoms with Crippen molar-refractivity contribution in [1.82, 2.24) is 5.32 Å². The summed E-state index contributed by atoms with van der Waals surface area (Å²) in [6.45, 7) is 4.77. The number of nitrogens with one attached hydrogen (secondary N) is 1. The van der Waals surface area contributed by atoms with E-state index in [4.69, 9.17) is 14.6 Å². The van der Waals surface area contributed by atoms with Crippen molar-refractivity contribution in [3.8, 4) is 5.75 Å². The monoisotopic (exact) mass is 281 g/mol. The van der Waals surface area contributed by atoms with Crippen molar-refractivity contribution in [3.05, 3.63) is 29.8 Å². The molecular weight excluding hydrogens is 258 g/mol. The van der Waals surface area contributed by atoms with Crippen LogP contribution in [0.15, 0.2) is 24.3 Å². The minimum atomic E-state index is -0.752. The highest BCUT2D eigenvalue weighted by Crippen LogP contribution is 2.16. The molecule has 5 heteroatoms. The second-order valence-corrected chi connectivity index (χ2v) is 4.76. The van der Waals surface area contributed by atoms with Crippen LogP contribution in [0.1, 0.15) is 25.8 Å². The zero-order valence-electron chi connectivity index (χ0n) is 12.3. The molecule has 1 aromatic carbocycles. The van der Waals surface area contributed by atoms with Gasteiger partial charge in [0.25, 0.3) is 0 Å². The van der Waals surface area contributed by atoms with Crippen LogP contribution in [-0.2, 0) is 16.1 Å². The third-order valence-electron chi connectivity index (χ3n) is 3.15. The van der Waals surface area contributed by atoms with E-state index in [9.17, 15) is 4.79 Å². The van der Waals surface area contributed by atoms with Crippen LogP contribution in [0.25, 0.3) is 0 Å². The van der Waals surface area contributed by atoms with Crippen molar-refractivity contribution >= 4 is 5.97 Å². The van der Waals surface area contributed by atoms with Crippen LogP contribution in [0, 0.1) is 0 Å². The largest absolute Gasteiger partial charge is 0.493 e. The highest BCUT2D eigenvalue weighted by Gasteiger charge is 2.33. The van der Waals surface area contributed by atoms with E-state index in [-0.39, 0.29) is 12.6 Å². The summed E-state index contributed by atoms with van der Waals surface area (Å²) in [5, 5.41) is 12.2. The van der Waals surface area contributed by atoms with E-state index in [1.165, 1.54) is 7.11 Å². The van der Waals surface area contributed by atoms with Gasteiger partial charge in [-0.25, -0.2) is 0 Å². The quantitative estimate of drug-likeness (QED) is 0.707. The first-order valence-electron chi connectivity index (χ1n) is 6.71. The summed E-state index contributed by atoms with van der Waals surface area (Å²) in [6.07, 6.45) is 0.497. The molecule has 1 rings (SSSR count). The molecule has 2 N–H and O–H groups in total. The number of hydrogen-bond donors (Lipinski definition) is 2. The average Bonchev–Trinajstić information content (AvgIpc) is 2.46. The molecule has 112 valence electrons. The molecule has 0 saturated carbocycles. The Balaban J connectivity index is 2.57. The molecule has 0 aliphatic rings. The number of likely N-dealkylation sites (N-methyl/N-ethyl adjacent to an activating group) is 1. The molecule has 0 fully saturated rings. The minimum absolute atomic E-state index is 0.0194. The number of benzene rings is 1. The Bertz CT molecular complexity index is 436. The third-order valence-corrected chi connectivity index (χ3v) is 3.15. The van der Waals surface area contributed by atoms with Gasteiger partial charge in [-0.1, -0.05) is 19.1 Å². The molecule has 0 aliphatic heterocycles. The fourth-order valence-corrected chi connectivity index (χ4v) is 1.98. The number of rotatable bonds is 8. The Morgan fingerprint density at radius 1 is 1.45 bits per heavy atom.